The van der Waals surface area contributed by atoms with Crippen LogP contribution in [0.15, 0.2) is 0 Å². The van der Waals surface area contributed by atoms with Crippen molar-refractivity contribution in [3.05, 3.63) is 20.8 Å². The zero-order valence-corrected chi connectivity index (χ0v) is 7.13. The first kappa shape index (κ1) is 23.6. The molecule has 0 spiro atoms. The monoisotopic (exact) mass is 159 g/mol. The molecule has 0 fully saturated rings. The van der Waals surface area contributed by atoms with Gasteiger partial charge in [0.05, 0.1) is 0 Å². The smallest absolute Gasteiger partial charge is 0.346 e. The predicted octanol–water partition coefficient (Wildman–Crippen LogP) is 2.91. The molecule has 0 amide bonds. The maximum Gasteiger partial charge on any atom is 3.00 e. The zero-order valence-electron chi connectivity index (χ0n) is 6.14. The third-order valence-corrected chi connectivity index (χ3v) is 0. The molecular formula is C7H17Ni. The Morgan fingerprint density at radius 3 is 1.00 bits per heavy atom. The summed E-state index contributed by atoms with van der Waals surface area (Å²) in [5.41, 5.74) is 0. The molecule has 8 heavy (non-hydrogen) atoms. The first-order valence-electron chi connectivity index (χ1n) is 2.62. The van der Waals surface area contributed by atoms with Crippen molar-refractivity contribution in [3.63, 3.8) is 0 Å². The molecule has 1 heteroatoms. The summed E-state index contributed by atoms with van der Waals surface area (Å²) in [6.45, 7) is 15.5. The van der Waals surface area contributed by atoms with Crippen molar-refractivity contribution in [2.75, 3.05) is 0 Å². The van der Waals surface area contributed by atoms with Crippen LogP contribution in [0.2, 0.25) is 0 Å². The van der Waals surface area contributed by atoms with Crippen LogP contribution in [0, 0.1) is 20.8 Å². The minimum Gasteiger partial charge on any atom is -0.346 e. The van der Waals surface area contributed by atoms with E-state index in [2.05, 4.69) is 20.8 Å². The van der Waals surface area contributed by atoms with E-state index >= 15 is 0 Å². The van der Waals surface area contributed by atoms with Crippen LogP contribution in [0.4, 0.5) is 0 Å². The molecule has 0 aromatic carbocycles. The van der Waals surface area contributed by atoms with E-state index < -0.39 is 0 Å². The Hall–Kier alpha value is 0.494. The number of rotatable bonds is 0. The Morgan fingerprint density at radius 2 is 1.00 bits per heavy atom. The summed E-state index contributed by atoms with van der Waals surface area (Å²) in [6.07, 6.45) is 1.00. The van der Waals surface area contributed by atoms with E-state index in [-0.39, 0.29) is 16.5 Å². The standard InChI is InChI=1S/C3H7.2C2H5.Ni/c1-3-2;2*1-2;/h1,3H2,2H3;2*1H2,2H3;/q3*-1;+3. The maximum absolute atomic E-state index is 3.49. The van der Waals surface area contributed by atoms with Gasteiger partial charge >= 0.3 is 16.5 Å². The molecule has 0 atom stereocenters. The Labute approximate surface area is 65.0 Å². The van der Waals surface area contributed by atoms with E-state index in [0.29, 0.717) is 0 Å². The Kier molecular flexibility index (Phi) is 418. The van der Waals surface area contributed by atoms with Crippen molar-refractivity contribution in [2.45, 2.75) is 27.2 Å². The molecular weight excluding hydrogens is 143 g/mol. The molecule has 0 heterocycles. The number of hydrogen-bond donors (Lipinski definition) is 0. The molecule has 0 bridgehead atoms. The molecule has 0 unspecified atom stereocenters. The van der Waals surface area contributed by atoms with Gasteiger partial charge in [-0.15, -0.1) is 0 Å². The molecule has 1 radical (unpaired) electrons. The number of hydrogen-bond acceptors (Lipinski definition) is 0. The van der Waals surface area contributed by atoms with Crippen LogP contribution in [-0.4, -0.2) is 0 Å². The Balaban J connectivity index is -0.0000000147. The van der Waals surface area contributed by atoms with Crippen molar-refractivity contribution in [1.29, 1.82) is 0 Å². The maximum atomic E-state index is 3.49. The van der Waals surface area contributed by atoms with E-state index in [1.807, 2.05) is 6.92 Å². The van der Waals surface area contributed by atoms with Gasteiger partial charge in [0.1, 0.15) is 0 Å². The van der Waals surface area contributed by atoms with Crippen molar-refractivity contribution >= 4 is 0 Å². The van der Waals surface area contributed by atoms with Gasteiger partial charge in [-0.3, -0.25) is 0 Å². The summed E-state index contributed by atoms with van der Waals surface area (Å²) in [4.78, 5) is 0. The minimum atomic E-state index is 0. The third kappa shape index (κ3) is 805. The van der Waals surface area contributed by atoms with Gasteiger partial charge in [0.25, 0.3) is 0 Å². The van der Waals surface area contributed by atoms with Crippen LogP contribution >= 0.6 is 0 Å². The fraction of sp³-hybridized carbons (Fsp3) is 0.571. The SMILES string of the molecule is [CH2-]C.[CH2-]C.[CH2-]CC.[Ni+3]. The van der Waals surface area contributed by atoms with Crippen molar-refractivity contribution in [1.82, 2.24) is 0 Å². The molecule has 0 aliphatic heterocycles. The van der Waals surface area contributed by atoms with Crippen molar-refractivity contribution < 1.29 is 16.5 Å². The average Bonchev–Trinajstić information content (AvgIpc) is 1.78. The quantitative estimate of drug-likeness (QED) is 0.377. The molecule has 0 aromatic heterocycles. The zero-order chi connectivity index (χ0) is 6.71. The van der Waals surface area contributed by atoms with Crippen LogP contribution < -0.4 is 0 Å². The first-order chi connectivity index (χ1) is 3.41. The molecule has 55 valence electrons. The third-order valence-electron chi connectivity index (χ3n) is 0. The van der Waals surface area contributed by atoms with Crippen molar-refractivity contribution in [3.8, 4) is 0 Å². The second kappa shape index (κ2) is 142. The topological polar surface area (TPSA) is 0 Å². The van der Waals surface area contributed by atoms with Crippen LogP contribution in [0.1, 0.15) is 27.2 Å². The van der Waals surface area contributed by atoms with Gasteiger partial charge in [-0.1, -0.05) is 6.92 Å². The van der Waals surface area contributed by atoms with E-state index in [1.54, 1.807) is 13.8 Å². The van der Waals surface area contributed by atoms with Gasteiger partial charge in [-0.25, -0.2) is 0 Å². The fourth-order valence-electron chi connectivity index (χ4n) is 0. The van der Waals surface area contributed by atoms with Gasteiger partial charge in [0.15, 0.2) is 0 Å². The first-order valence-corrected chi connectivity index (χ1v) is 2.62. The molecule has 0 nitrogen and oxygen atoms in total. The van der Waals surface area contributed by atoms with E-state index in [0.717, 1.165) is 6.42 Å². The average molecular weight is 160 g/mol. The van der Waals surface area contributed by atoms with Gasteiger partial charge in [-0.05, 0) is 0 Å². The van der Waals surface area contributed by atoms with Gasteiger partial charge in [-0.2, -0.15) is 20.3 Å². The molecule has 0 aromatic rings. The van der Waals surface area contributed by atoms with E-state index in [9.17, 15) is 0 Å². The molecule has 0 saturated heterocycles. The Morgan fingerprint density at radius 1 is 1.00 bits per heavy atom. The summed E-state index contributed by atoms with van der Waals surface area (Å²) in [7, 11) is 0. The molecule has 0 rings (SSSR count). The van der Waals surface area contributed by atoms with Gasteiger partial charge in [0.2, 0.25) is 0 Å². The molecule has 0 N–H and O–H groups in total. The van der Waals surface area contributed by atoms with Crippen LogP contribution in [0.5, 0.6) is 0 Å². The second-order valence-corrected chi connectivity index (χ2v) is 0.500. The van der Waals surface area contributed by atoms with E-state index in [4.69, 9.17) is 0 Å². The van der Waals surface area contributed by atoms with Crippen molar-refractivity contribution in [2.24, 2.45) is 0 Å². The summed E-state index contributed by atoms with van der Waals surface area (Å²) in [6, 6.07) is 0. The second-order valence-electron chi connectivity index (χ2n) is 0.500. The van der Waals surface area contributed by atoms with Gasteiger partial charge < -0.3 is 20.8 Å². The normalized spacial score (nSPS) is 3.75. The Bertz CT molecular complexity index is 4.35. The van der Waals surface area contributed by atoms with Crippen LogP contribution in [0.25, 0.3) is 0 Å². The molecule has 0 aliphatic carbocycles. The van der Waals surface area contributed by atoms with Crippen LogP contribution in [-0.2, 0) is 16.5 Å². The summed E-state index contributed by atoms with van der Waals surface area (Å²) in [5.74, 6) is 0. The van der Waals surface area contributed by atoms with E-state index in [1.165, 1.54) is 0 Å². The molecule has 0 saturated carbocycles. The molecule has 0 aliphatic rings. The summed E-state index contributed by atoms with van der Waals surface area (Å²) >= 11 is 0. The predicted molar refractivity (Wildman–Crippen MR) is 37.7 cm³/mol. The van der Waals surface area contributed by atoms with Gasteiger partial charge in [0, 0.05) is 0 Å². The summed E-state index contributed by atoms with van der Waals surface area (Å²) < 4.78 is 0. The fourth-order valence-corrected chi connectivity index (χ4v) is 0. The largest absolute Gasteiger partial charge is 3.00 e. The summed E-state index contributed by atoms with van der Waals surface area (Å²) in [5, 5.41) is 0. The van der Waals surface area contributed by atoms with Crippen LogP contribution in [0.3, 0.4) is 0 Å². The minimum absolute atomic E-state index is 0.